The molecule has 192 valence electrons. The lowest BCUT2D eigenvalue weighted by atomic mass is 10.1. The molecule has 1 N–H and O–H groups in total. The van der Waals surface area contributed by atoms with Crippen LogP contribution in [0.3, 0.4) is 0 Å². The lowest BCUT2D eigenvalue weighted by Gasteiger charge is -2.21. The number of nitrogens with zero attached hydrogens (tertiary/aromatic N) is 6. The SMILES string of the molecule is COc1ccnc2c1OC[C@@H](c1ccc(F)cc1F)n1c(NS(=O)(=O)CCc3ncc(Cl)cn3)nnc1-2. The fourth-order valence-electron chi connectivity index (χ4n) is 3.83. The number of halogens is 3. The van der Waals surface area contributed by atoms with Crippen molar-refractivity contribution in [2.24, 2.45) is 0 Å². The standard InChI is InChI=1S/C22H18ClF2N7O4S/c1-35-17-4-6-26-19-20(17)36-11-16(14-3-2-13(24)8-15(14)25)32-21(19)29-30-22(32)31-37(33,34)7-5-18-27-9-12(23)10-28-18/h2-4,6,8-10,16H,5,7,11H2,1H3,(H,30,31)/t16-/m0/s1. The van der Waals surface area contributed by atoms with Crippen LogP contribution in [0.25, 0.3) is 11.5 Å². The largest absolute Gasteiger partial charge is 0.493 e. The van der Waals surface area contributed by atoms with Crippen molar-refractivity contribution in [3.63, 3.8) is 0 Å². The van der Waals surface area contributed by atoms with Crippen LogP contribution in [0, 0.1) is 11.6 Å². The predicted octanol–water partition coefficient (Wildman–Crippen LogP) is 3.04. The van der Waals surface area contributed by atoms with Crippen molar-refractivity contribution in [2.75, 3.05) is 24.2 Å². The molecule has 1 atom stereocenters. The van der Waals surface area contributed by atoms with Crippen molar-refractivity contribution in [3.8, 4) is 23.0 Å². The molecule has 5 rings (SSSR count). The third-order valence-electron chi connectivity index (χ3n) is 5.53. The Morgan fingerprint density at radius 3 is 2.70 bits per heavy atom. The Kier molecular flexibility index (Phi) is 6.60. The summed E-state index contributed by atoms with van der Waals surface area (Å²) in [6, 6.07) is 3.66. The molecule has 0 bridgehead atoms. The number of hydrogen-bond donors (Lipinski definition) is 1. The Hall–Kier alpha value is -3.91. The molecule has 0 radical (unpaired) electrons. The van der Waals surface area contributed by atoms with E-state index in [1.807, 2.05) is 0 Å². The number of rotatable bonds is 7. The summed E-state index contributed by atoms with van der Waals surface area (Å²) >= 11 is 5.77. The second-order valence-corrected chi connectivity index (χ2v) is 10.2. The van der Waals surface area contributed by atoms with Gasteiger partial charge in [0.15, 0.2) is 23.0 Å². The number of ether oxygens (including phenoxy) is 2. The molecule has 15 heteroatoms. The van der Waals surface area contributed by atoms with E-state index in [0.29, 0.717) is 10.8 Å². The zero-order valence-electron chi connectivity index (χ0n) is 19.1. The van der Waals surface area contributed by atoms with Gasteiger partial charge in [-0.25, -0.2) is 32.2 Å². The van der Waals surface area contributed by atoms with Crippen LogP contribution < -0.4 is 14.2 Å². The summed E-state index contributed by atoms with van der Waals surface area (Å²) in [7, 11) is -2.56. The zero-order chi connectivity index (χ0) is 26.2. The van der Waals surface area contributed by atoms with Crippen LogP contribution in [0.15, 0.2) is 42.9 Å². The molecule has 0 saturated heterocycles. The molecule has 37 heavy (non-hydrogen) atoms. The molecular weight excluding hydrogens is 532 g/mol. The molecule has 1 aromatic carbocycles. The minimum Gasteiger partial charge on any atom is -0.493 e. The Labute approximate surface area is 214 Å². The van der Waals surface area contributed by atoms with Gasteiger partial charge in [-0.15, -0.1) is 10.2 Å². The van der Waals surface area contributed by atoms with Gasteiger partial charge in [0.1, 0.15) is 30.1 Å². The molecule has 4 heterocycles. The Morgan fingerprint density at radius 1 is 1.19 bits per heavy atom. The van der Waals surface area contributed by atoms with E-state index in [9.17, 15) is 17.2 Å². The number of sulfonamides is 1. The lowest BCUT2D eigenvalue weighted by Crippen LogP contribution is -2.25. The lowest BCUT2D eigenvalue weighted by molar-refractivity contribution is 0.263. The van der Waals surface area contributed by atoms with Gasteiger partial charge in [-0.05, 0) is 6.07 Å². The van der Waals surface area contributed by atoms with Crippen molar-refractivity contribution in [1.29, 1.82) is 0 Å². The van der Waals surface area contributed by atoms with E-state index in [1.54, 1.807) is 6.07 Å². The normalized spacial score (nSPS) is 14.8. The number of methoxy groups -OCH3 is 1. The zero-order valence-corrected chi connectivity index (χ0v) is 20.7. The van der Waals surface area contributed by atoms with Crippen LogP contribution >= 0.6 is 11.6 Å². The number of pyridine rings is 1. The maximum absolute atomic E-state index is 14.9. The van der Waals surface area contributed by atoms with Crippen LogP contribution in [0.1, 0.15) is 17.4 Å². The third kappa shape index (κ3) is 5.02. The van der Waals surface area contributed by atoms with Gasteiger partial charge in [-0.2, -0.15) is 0 Å². The van der Waals surface area contributed by atoms with E-state index in [0.717, 1.165) is 12.1 Å². The van der Waals surface area contributed by atoms with E-state index in [1.165, 1.54) is 36.3 Å². The van der Waals surface area contributed by atoms with Crippen LogP contribution in [0.2, 0.25) is 5.02 Å². The average Bonchev–Trinajstić information content (AvgIpc) is 3.18. The Balaban J connectivity index is 1.55. The molecule has 0 fully saturated rings. The first-order chi connectivity index (χ1) is 17.8. The number of aromatic nitrogens is 6. The monoisotopic (exact) mass is 549 g/mol. The summed E-state index contributed by atoms with van der Waals surface area (Å²) < 4.78 is 69.5. The van der Waals surface area contributed by atoms with Crippen LogP contribution in [0.5, 0.6) is 11.5 Å². The minimum absolute atomic E-state index is 0.00574. The van der Waals surface area contributed by atoms with Crippen molar-refractivity contribution in [2.45, 2.75) is 12.5 Å². The predicted molar refractivity (Wildman–Crippen MR) is 128 cm³/mol. The van der Waals surface area contributed by atoms with E-state index in [4.69, 9.17) is 21.1 Å². The summed E-state index contributed by atoms with van der Waals surface area (Å²) in [4.78, 5) is 12.3. The first kappa shape index (κ1) is 24.8. The molecular formula is C22H18ClF2N7O4S. The third-order valence-corrected chi connectivity index (χ3v) is 6.96. The van der Waals surface area contributed by atoms with Crippen LogP contribution in [-0.2, 0) is 16.4 Å². The smallest absolute Gasteiger partial charge is 0.239 e. The Bertz CT molecular complexity index is 1570. The molecule has 1 aliphatic heterocycles. The van der Waals surface area contributed by atoms with Gasteiger partial charge in [-0.1, -0.05) is 17.7 Å². The van der Waals surface area contributed by atoms with E-state index < -0.39 is 27.7 Å². The molecule has 0 unspecified atom stereocenters. The number of anilines is 1. The fraction of sp³-hybridized carbons (Fsp3) is 0.227. The number of nitrogens with one attached hydrogen (secondary N) is 1. The van der Waals surface area contributed by atoms with Crippen molar-refractivity contribution < 1.29 is 26.7 Å². The van der Waals surface area contributed by atoms with Gasteiger partial charge < -0.3 is 9.47 Å². The maximum atomic E-state index is 14.9. The van der Waals surface area contributed by atoms with Crippen molar-refractivity contribution >= 4 is 27.6 Å². The first-order valence-electron chi connectivity index (χ1n) is 10.8. The number of benzene rings is 1. The quantitative estimate of drug-likeness (QED) is 0.369. The topological polar surface area (TPSA) is 134 Å². The summed E-state index contributed by atoms with van der Waals surface area (Å²) in [5.41, 5.74) is 0.237. The van der Waals surface area contributed by atoms with Gasteiger partial charge in [0, 0.05) is 42.7 Å². The van der Waals surface area contributed by atoms with Gasteiger partial charge in [0.05, 0.1) is 17.9 Å². The highest BCUT2D eigenvalue weighted by atomic mass is 35.5. The van der Waals surface area contributed by atoms with E-state index in [-0.39, 0.29) is 53.4 Å². The van der Waals surface area contributed by atoms with Crippen LogP contribution in [-0.4, -0.2) is 57.6 Å². The highest BCUT2D eigenvalue weighted by molar-refractivity contribution is 7.92. The fourth-order valence-corrected chi connectivity index (χ4v) is 4.90. The highest BCUT2D eigenvalue weighted by Gasteiger charge is 2.34. The number of hydrogen-bond acceptors (Lipinski definition) is 9. The average molecular weight is 550 g/mol. The van der Waals surface area contributed by atoms with Crippen LogP contribution in [0.4, 0.5) is 14.7 Å². The highest BCUT2D eigenvalue weighted by Crippen LogP contribution is 2.42. The summed E-state index contributed by atoms with van der Waals surface area (Å²) in [5, 5.41) is 8.45. The second kappa shape index (κ2) is 9.86. The maximum Gasteiger partial charge on any atom is 0.239 e. The summed E-state index contributed by atoms with van der Waals surface area (Å²) in [5.74, 6) is -1.28. The molecule has 11 nitrogen and oxygen atoms in total. The molecule has 0 spiro atoms. The molecule has 0 aliphatic carbocycles. The summed E-state index contributed by atoms with van der Waals surface area (Å²) in [6.45, 7) is -0.185. The van der Waals surface area contributed by atoms with E-state index >= 15 is 0 Å². The molecule has 4 aromatic rings. The number of fused-ring (bicyclic) bond motifs is 3. The van der Waals surface area contributed by atoms with Gasteiger partial charge in [0.25, 0.3) is 0 Å². The van der Waals surface area contributed by atoms with Gasteiger partial charge in [-0.3, -0.25) is 9.29 Å². The first-order valence-corrected chi connectivity index (χ1v) is 12.8. The van der Waals surface area contributed by atoms with Gasteiger partial charge >= 0.3 is 0 Å². The summed E-state index contributed by atoms with van der Waals surface area (Å²) in [6.07, 6.45) is 4.18. The van der Waals surface area contributed by atoms with Crippen molar-refractivity contribution in [1.82, 2.24) is 29.7 Å². The molecule has 3 aromatic heterocycles. The molecule has 0 amide bonds. The van der Waals surface area contributed by atoms with Crippen molar-refractivity contribution in [3.05, 3.63) is 70.9 Å². The molecule has 1 aliphatic rings. The van der Waals surface area contributed by atoms with E-state index in [2.05, 4.69) is 29.9 Å². The minimum atomic E-state index is -4.00. The molecule has 0 saturated carbocycles. The Morgan fingerprint density at radius 2 is 1.97 bits per heavy atom. The van der Waals surface area contributed by atoms with Gasteiger partial charge in [0.2, 0.25) is 16.0 Å². The number of aryl methyl sites for hydroxylation is 1. The second-order valence-electron chi connectivity index (χ2n) is 7.89.